The molecule has 0 saturated carbocycles. The molecule has 2 aromatic carbocycles. The number of likely N-dealkylation sites (tertiary alicyclic amines) is 1. The second-order valence-electron chi connectivity index (χ2n) is 11.4. The van der Waals surface area contributed by atoms with E-state index < -0.39 is 12.6 Å². The van der Waals surface area contributed by atoms with E-state index in [1.54, 1.807) is 12.1 Å². The number of benzene rings is 2. The van der Waals surface area contributed by atoms with Gasteiger partial charge in [0.05, 0.1) is 18.0 Å². The van der Waals surface area contributed by atoms with Gasteiger partial charge in [-0.15, -0.1) is 0 Å². The number of hydrogen-bond acceptors (Lipinski definition) is 5. The molecule has 0 unspecified atom stereocenters. The molecule has 3 aromatic rings. The topological polar surface area (TPSA) is 61.4 Å². The molecule has 6 nitrogen and oxygen atoms in total. The number of aromatic nitrogens is 2. The number of nitrogens with one attached hydrogen (secondary N) is 1. The molecule has 0 aliphatic carbocycles. The van der Waals surface area contributed by atoms with Gasteiger partial charge in [0, 0.05) is 41.9 Å². The number of fused-ring (bicyclic) bond motifs is 1. The average Bonchev–Trinajstić information content (AvgIpc) is 2.88. The first-order chi connectivity index (χ1) is 18.7. The molecule has 3 fully saturated rings. The summed E-state index contributed by atoms with van der Waals surface area (Å²) in [7, 11) is 0. The van der Waals surface area contributed by atoms with Gasteiger partial charge < -0.3 is 15.1 Å². The van der Waals surface area contributed by atoms with Gasteiger partial charge in [0.1, 0.15) is 12.1 Å². The van der Waals surface area contributed by atoms with E-state index in [1.165, 1.54) is 12.4 Å². The van der Waals surface area contributed by atoms with Crippen LogP contribution in [0.5, 0.6) is 0 Å². The summed E-state index contributed by atoms with van der Waals surface area (Å²) in [5.41, 5.74) is 2.19. The number of halogens is 4. The number of rotatable bonds is 5. The van der Waals surface area contributed by atoms with Crippen LogP contribution in [0.15, 0.2) is 48.8 Å². The number of carbonyl (C=O) groups excluding carboxylic acids is 1. The van der Waals surface area contributed by atoms with Crippen LogP contribution in [0, 0.1) is 11.3 Å². The van der Waals surface area contributed by atoms with Gasteiger partial charge in [-0.2, -0.15) is 13.2 Å². The third-order valence-electron chi connectivity index (χ3n) is 8.60. The first-order valence-electron chi connectivity index (χ1n) is 13.5. The van der Waals surface area contributed by atoms with Gasteiger partial charge >= 0.3 is 6.18 Å². The summed E-state index contributed by atoms with van der Waals surface area (Å²) in [5.74, 6) is 1.16. The Kier molecular flexibility index (Phi) is 6.91. The molecule has 0 radical (unpaired) electrons. The Morgan fingerprint density at radius 1 is 1.05 bits per heavy atom. The fourth-order valence-electron chi connectivity index (χ4n) is 6.52. The highest BCUT2D eigenvalue weighted by Gasteiger charge is 2.46. The summed E-state index contributed by atoms with van der Waals surface area (Å²) in [6.45, 7) is 4.62. The standard InChI is InChI=1S/C29H31ClF3N5O/c30-22-5-2-20(3-6-22)26-21(4-8-25(39)36-26)15-37-11-9-28(10-12-37)16-38(17-28)27-23-13-19(14-29(31,32)33)1-7-24(23)34-18-35-27/h1-3,5-7,13,18,21,26H,4,8-12,14-17H2,(H,36,39)/t21-,26-/m1/s1. The SMILES string of the molecule is O=C1CC[C@H](CN2CCC3(CC2)CN(c2ncnc4ccc(CC(F)(F)F)cc24)C3)[C@@H](c2ccc(Cl)cc2)N1. The van der Waals surface area contributed by atoms with Crippen molar-refractivity contribution in [1.82, 2.24) is 20.2 Å². The van der Waals surface area contributed by atoms with Crippen LogP contribution in [0.3, 0.4) is 0 Å². The number of piperidine rings is 2. The van der Waals surface area contributed by atoms with Gasteiger partial charge in [-0.25, -0.2) is 9.97 Å². The van der Waals surface area contributed by atoms with Crippen LogP contribution < -0.4 is 10.2 Å². The zero-order valence-corrected chi connectivity index (χ0v) is 22.3. The summed E-state index contributed by atoms with van der Waals surface area (Å²) in [6.07, 6.45) is -0.163. The monoisotopic (exact) mass is 557 g/mol. The van der Waals surface area contributed by atoms with Crippen LogP contribution >= 0.6 is 11.6 Å². The van der Waals surface area contributed by atoms with Crippen molar-refractivity contribution in [2.24, 2.45) is 11.3 Å². The smallest absolute Gasteiger partial charge is 0.355 e. The molecular weight excluding hydrogens is 527 g/mol. The van der Waals surface area contributed by atoms with Crippen molar-refractivity contribution in [2.45, 2.75) is 44.3 Å². The van der Waals surface area contributed by atoms with E-state index in [0.717, 1.165) is 63.4 Å². The van der Waals surface area contributed by atoms with E-state index in [9.17, 15) is 18.0 Å². The van der Waals surface area contributed by atoms with Crippen molar-refractivity contribution >= 4 is 34.2 Å². The number of nitrogens with zero attached hydrogens (tertiary/aromatic N) is 4. The number of anilines is 1. The summed E-state index contributed by atoms with van der Waals surface area (Å²) in [5, 5.41) is 4.56. The zero-order valence-electron chi connectivity index (χ0n) is 21.6. The van der Waals surface area contributed by atoms with Crippen molar-refractivity contribution < 1.29 is 18.0 Å². The van der Waals surface area contributed by atoms with Gasteiger partial charge in [0.2, 0.25) is 5.91 Å². The first-order valence-corrected chi connectivity index (χ1v) is 13.9. The molecule has 3 aliphatic rings. The fourth-order valence-corrected chi connectivity index (χ4v) is 6.65. The van der Waals surface area contributed by atoms with Gasteiger partial charge in [-0.1, -0.05) is 29.8 Å². The largest absolute Gasteiger partial charge is 0.393 e. The zero-order chi connectivity index (χ0) is 27.2. The van der Waals surface area contributed by atoms with Crippen LogP contribution in [0.25, 0.3) is 10.9 Å². The number of carbonyl (C=O) groups is 1. The van der Waals surface area contributed by atoms with E-state index in [2.05, 4.69) is 25.1 Å². The Hall–Kier alpha value is -2.91. The maximum atomic E-state index is 13.0. The Morgan fingerprint density at radius 3 is 2.51 bits per heavy atom. The van der Waals surface area contributed by atoms with Crippen molar-refractivity contribution in [3.05, 3.63) is 64.9 Å². The van der Waals surface area contributed by atoms with E-state index in [0.29, 0.717) is 28.3 Å². The third-order valence-corrected chi connectivity index (χ3v) is 8.86. The Morgan fingerprint density at radius 2 is 1.79 bits per heavy atom. The highest BCUT2D eigenvalue weighted by Crippen LogP contribution is 2.44. The lowest BCUT2D eigenvalue weighted by Gasteiger charge is -2.55. The summed E-state index contributed by atoms with van der Waals surface area (Å²) < 4.78 is 38.9. The number of amides is 1. The summed E-state index contributed by atoms with van der Waals surface area (Å²) in [6, 6.07) is 12.5. The molecule has 0 bridgehead atoms. The maximum absolute atomic E-state index is 13.0. The lowest BCUT2D eigenvalue weighted by molar-refractivity contribution is -0.127. The fraction of sp³-hybridized carbons (Fsp3) is 0.483. The molecule has 1 spiro atoms. The van der Waals surface area contributed by atoms with Crippen LogP contribution in [-0.2, 0) is 11.2 Å². The maximum Gasteiger partial charge on any atom is 0.393 e. The van der Waals surface area contributed by atoms with E-state index in [-0.39, 0.29) is 22.9 Å². The number of alkyl halides is 3. The van der Waals surface area contributed by atoms with E-state index >= 15 is 0 Å². The predicted molar refractivity (Wildman–Crippen MR) is 145 cm³/mol. The van der Waals surface area contributed by atoms with Crippen LogP contribution in [-0.4, -0.2) is 59.7 Å². The Labute approximate surface area is 230 Å². The van der Waals surface area contributed by atoms with Gasteiger partial charge in [0.15, 0.2) is 0 Å². The second-order valence-corrected chi connectivity index (χ2v) is 11.8. The number of hydrogen-bond donors (Lipinski definition) is 1. The molecule has 2 atom stereocenters. The van der Waals surface area contributed by atoms with E-state index in [1.807, 2.05) is 24.3 Å². The first kappa shape index (κ1) is 26.3. The lowest BCUT2D eigenvalue weighted by Crippen LogP contribution is -2.61. The van der Waals surface area contributed by atoms with Crippen LogP contribution in [0.4, 0.5) is 19.0 Å². The molecule has 1 amide bonds. The van der Waals surface area contributed by atoms with Gasteiger partial charge in [0.25, 0.3) is 0 Å². The molecule has 6 rings (SSSR count). The molecule has 10 heteroatoms. The Balaban J connectivity index is 1.08. The van der Waals surface area contributed by atoms with Gasteiger partial charge in [-0.05, 0) is 73.7 Å². The van der Waals surface area contributed by atoms with Crippen LogP contribution in [0.1, 0.15) is 42.9 Å². The lowest BCUT2D eigenvalue weighted by atomic mass is 9.71. The quantitative estimate of drug-likeness (QED) is 0.445. The predicted octanol–water partition coefficient (Wildman–Crippen LogP) is 5.56. The van der Waals surface area contributed by atoms with Crippen molar-refractivity contribution in [3.8, 4) is 0 Å². The second kappa shape index (κ2) is 10.2. The average molecular weight is 558 g/mol. The van der Waals surface area contributed by atoms with Crippen molar-refractivity contribution in [3.63, 3.8) is 0 Å². The molecule has 4 heterocycles. The minimum Gasteiger partial charge on any atom is -0.355 e. The highest BCUT2D eigenvalue weighted by atomic mass is 35.5. The molecule has 1 aromatic heterocycles. The summed E-state index contributed by atoms with van der Waals surface area (Å²) in [4.78, 5) is 25.6. The molecule has 39 heavy (non-hydrogen) atoms. The summed E-state index contributed by atoms with van der Waals surface area (Å²) >= 11 is 6.08. The molecule has 3 saturated heterocycles. The van der Waals surface area contributed by atoms with Gasteiger partial charge in [-0.3, -0.25) is 4.79 Å². The Bertz CT molecular complexity index is 1350. The van der Waals surface area contributed by atoms with Crippen molar-refractivity contribution in [2.75, 3.05) is 37.6 Å². The third kappa shape index (κ3) is 5.70. The normalized spacial score (nSPS) is 23.6. The molecular formula is C29H31ClF3N5O. The highest BCUT2D eigenvalue weighted by molar-refractivity contribution is 6.30. The minimum atomic E-state index is -4.25. The molecule has 1 N–H and O–H groups in total. The molecule has 3 aliphatic heterocycles. The van der Waals surface area contributed by atoms with Crippen molar-refractivity contribution in [1.29, 1.82) is 0 Å². The minimum absolute atomic E-state index is 0.00752. The van der Waals surface area contributed by atoms with E-state index in [4.69, 9.17) is 11.6 Å². The van der Waals surface area contributed by atoms with Crippen LogP contribution in [0.2, 0.25) is 5.02 Å². The molecule has 206 valence electrons.